The molecule has 0 aliphatic carbocycles. The van der Waals surface area contributed by atoms with Gasteiger partial charge in [-0.2, -0.15) is 5.26 Å². The predicted octanol–water partition coefficient (Wildman–Crippen LogP) is 4.34. The molecule has 0 bridgehead atoms. The maximum atomic E-state index is 12.1. The van der Waals surface area contributed by atoms with Gasteiger partial charge < -0.3 is 4.74 Å². The van der Waals surface area contributed by atoms with Crippen LogP contribution in [0.2, 0.25) is 0 Å². The van der Waals surface area contributed by atoms with Gasteiger partial charge in [-0.25, -0.2) is 0 Å². The Bertz CT molecular complexity index is 1010. The first-order valence-electron chi connectivity index (χ1n) is 8.49. The molecule has 28 heavy (non-hydrogen) atoms. The zero-order valence-electron chi connectivity index (χ0n) is 15.4. The number of nitrogens with zero attached hydrogens (tertiary/aromatic N) is 3. The highest BCUT2D eigenvalue weighted by molar-refractivity contribution is 8.00. The van der Waals surface area contributed by atoms with Gasteiger partial charge in [0.25, 0.3) is 5.91 Å². The molecular weight excluding hydrogens is 392 g/mol. The second-order valence-electron chi connectivity index (χ2n) is 6.08. The summed E-state index contributed by atoms with van der Waals surface area (Å²) in [6, 6.07) is 15.4. The molecule has 0 unspecified atom stereocenters. The Hall–Kier alpha value is -2.89. The highest BCUT2D eigenvalue weighted by Crippen LogP contribution is 2.28. The summed E-state index contributed by atoms with van der Waals surface area (Å²) in [5.41, 5.74) is 3.79. The molecule has 142 valence electrons. The molecule has 3 aromatic rings. The fourth-order valence-corrected chi connectivity index (χ4v) is 4.02. The summed E-state index contributed by atoms with van der Waals surface area (Å²) in [7, 11) is 0. The van der Waals surface area contributed by atoms with E-state index >= 15 is 0 Å². The quantitative estimate of drug-likeness (QED) is 0.461. The number of benzene rings is 2. The maximum absolute atomic E-state index is 12.1. The van der Waals surface area contributed by atoms with Gasteiger partial charge in [-0.15, -0.1) is 10.2 Å². The second-order valence-corrected chi connectivity index (χ2v) is 8.28. The SMILES string of the molecule is Cc1ccc(C)c(OCC(=O)Nc2nnc(SCc3ccc(C#N)cc3)s2)c1. The lowest BCUT2D eigenvalue weighted by atomic mass is 10.1. The molecule has 1 amide bonds. The van der Waals surface area contributed by atoms with E-state index in [-0.39, 0.29) is 12.5 Å². The van der Waals surface area contributed by atoms with Crippen molar-refractivity contribution in [2.75, 3.05) is 11.9 Å². The molecule has 0 saturated heterocycles. The van der Waals surface area contributed by atoms with E-state index in [4.69, 9.17) is 10.00 Å². The molecule has 6 nitrogen and oxygen atoms in total. The second kappa shape index (κ2) is 9.35. The van der Waals surface area contributed by atoms with Crippen molar-refractivity contribution in [2.45, 2.75) is 23.9 Å². The molecule has 1 heterocycles. The van der Waals surface area contributed by atoms with Crippen molar-refractivity contribution < 1.29 is 9.53 Å². The Morgan fingerprint density at radius 2 is 2.00 bits per heavy atom. The van der Waals surface area contributed by atoms with Gasteiger partial charge in [0.05, 0.1) is 11.6 Å². The summed E-state index contributed by atoms with van der Waals surface area (Å²) >= 11 is 2.84. The Kier molecular flexibility index (Phi) is 6.63. The maximum Gasteiger partial charge on any atom is 0.264 e. The van der Waals surface area contributed by atoms with Gasteiger partial charge in [-0.05, 0) is 48.7 Å². The van der Waals surface area contributed by atoms with Gasteiger partial charge in [-0.3, -0.25) is 10.1 Å². The van der Waals surface area contributed by atoms with Crippen molar-refractivity contribution >= 4 is 34.1 Å². The van der Waals surface area contributed by atoms with E-state index in [1.54, 1.807) is 12.1 Å². The van der Waals surface area contributed by atoms with Gasteiger partial charge in [0.15, 0.2) is 10.9 Å². The molecule has 1 N–H and O–H groups in total. The molecule has 0 fully saturated rings. The molecule has 0 atom stereocenters. The fourth-order valence-electron chi connectivity index (χ4n) is 2.30. The summed E-state index contributed by atoms with van der Waals surface area (Å²) < 4.78 is 6.36. The molecule has 0 spiro atoms. The number of amides is 1. The van der Waals surface area contributed by atoms with Crippen LogP contribution >= 0.6 is 23.1 Å². The van der Waals surface area contributed by atoms with Crippen LogP contribution < -0.4 is 10.1 Å². The molecule has 1 aromatic heterocycles. The third-order valence-electron chi connectivity index (χ3n) is 3.80. The van der Waals surface area contributed by atoms with Gasteiger partial charge in [0.2, 0.25) is 5.13 Å². The van der Waals surface area contributed by atoms with Crippen molar-refractivity contribution in [1.29, 1.82) is 5.26 Å². The minimum absolute atomic E-state index is 0.0857. The molecular formula is C20H18N4O2S2. The van der Waals surface area contributed by atoms with Crippen molar-refractivity contribution in [3.8, 4) is 11.8 Å². The number of aryl methyl sites for hydroxylation is 2. The topological polar surface area (TPSA) is 87.9 Å². The Labute approximate surface area is 171 Å². The zero-order valence-corrected chi connectivity index (χ0v) is 17.1. The smallest absolute Gasteiger partial charge is 0.264 e. The number of thioether (sulfide) groups is 1. The predicted molar refractivity (Wildman–Crippen MR) is 111 cm³/mol. The third-order valence-corrected chi connectivity index (χ3v) is 5.84. The molecule has 0 aliphatic heterocycles. The number of hydrogen-bond donors (Lipinski definition) is 1. The minimum Gasteiger partial charge on any atom is -0.483 e. The van der Waals surface area contributed by atoms with Crippen LogP contribution in [0.3, 0.4) is 0 Å². The lowest BCUT2D eigenvalue weighted by Crippen LogP contribution is -2.20. The number of nitrogens with one attached hydrogen (secondary N) is 1. The molecule has 2 aromatic carbocycles. The average molecular weight is 411 g/mol. The summed E-state index contributed by atoms with van der Waals surface area (Å²) in [5, 5.41) is 20.1. The number of hydrogen-bond acceptors (Lipinski definition) is 7. The molecule has 8 heteroatoms. The van der Waals surface area contributed by atoms with E-state index in [0.29, 0.717) is 22.2 Å². The van der Waals surface area contributed by atoms with Crippen molar-refractivity contribution in [3.05, 3.63) is 64.7 Å². The Morgan fingerprint density at radius 3 is 2.75 bits per heavy atom. The highest BCUT2D eigenvalue weighted by Gasteiger charge is 2.10. The monoisotopic (exact) mass is 410 g/mol. The van der Waals surface area contributed by atoms with E-state index in [0.717, 1.165) is 21.0 Å². The number of aromatic nitrogens is 2. The summed E-state index contributed by atoms with van der Waals surface area (Å²) in [4.78, 5) is 12.1. The van der Waals surface area contributed by atoms with Crippen LogP contribution in [0.4, 0.5) is 5.13 Å². The summed E-state index contributed by atoms with van der Waals surface area (Å²) in [5.74, 6) is 1.14. The first kappa shape index (κ1) is 19.9. The van der Waals surface area contributed by atoms with Crippen molar-refractivity contribution in [1.82, 2.24) is 10.2 Å². The summed E-state index contributed by atoms with van der Waals surface area (Å²) in [6.07, 6.45) is 0. The van der Waals surface area contributed by atoms with Crippen LogP contribution in [0.15, 0.2) is 46.8 Å². The van der Waals surface area contributed by atoms with Gasteiger partial charge >= 0.3 is 0 Å². The molecule has 0 radical (unpaired) electrons. The molecule has 3 rings (SSSR count). The number of carbonyl (C=O) groups excluding carboxylic acids is 1. The minimum atomic E-state index is -0.277. The standard InChI is InChI=1S/C20H18N4O2S2/c1-13-3-4-14(2)17(9-13)26-11-18(25)22-19-23-24-20(28-19)27-12-16-7-5-15(10-21)6-8-16/h3-9H,11-12H2,1-2H3,(H,22,23,25). The van der Waals surface area contributed by atoms with E-state index in [1.807, 2.05) is 44.2 Å². The number of ether oxygens (including phenoxy) is 1. The van der Waals surface area contributed by atoms with Crippen molar-refractivity contribution in [2.24, 2.45) is 0 Å². The summed E-state index contributed by atoms with van der Waals surface area (Å²) in [6.45, 7) is 3.83. The third kappa shape index (κ3) is 5.55. The van der Waals surface area contributed by atoms with Gasteiger partial charge in [0.1, 0.15) is 5.75 Å². The average Bonchev–Trinajstić information content (AvgIpc) is 3.14. The van der Waals surface area contributed by atoms with Crippen molar-refractivity contribution in [3.63, 3.8) is 0 Å². The largest absolute Gasteiger partial charge is 0.483 e. The molecule has 0 saturated carbocycles. The lowest BCUT2D eigenvalue weighted by Gasteiger charge is -2.09. The normalized spacial score (nSPS) is 10.3. The zero-order chi connectivity index (χ0) is 19.9. The number of carbonyl (C=O) groups is 1. The van der Waals surface area contributed by atoms with E-state index in [2.05, 4.69) is 21.6 Å². The van der Waals surface area contributed by atoms with Crippen LogP contribution in [-0.2, 0) is 10.5 Å². The Balaban J connectivity index is 1.48. The van der Waals surface area contributed by atoms with Gasteiger partial charge in [0, 0.05) is 5.75 Å². The first-order valence-corrected chi connectivity index (χ1v) is 10.3. The molecule has 0 aliphatic rings. The fraction of sp³-hybridized carbons (Fsp3) is 0.200. The van der Waals surface area contributed by atoms with Crippen LogP contribution in [0, 0.1) is 25.2 Å². The number of anilines is 1. The van der Waals surface area contributed by atoms with E-state index in [9.17, 15) is 4.79 Å². The number of nitriles is 1. The van der Waals surface area contributed by atoms with Crippen LogP contribution in [0.5, 0.6) is 5.75 Å². The Morgan fingerprint density at radius 1 is 1.21 bits per heavy atom. The van der Waals surface area contributed by atoms with Crippen LogP contribution in [-0.4, -0.2) is 22.7 Å². The van der Waals surface area contributed by atoms with Crippen LogP contribution in [0.1, 0.15) is 22.3 Å². The highest BCUT2D eigenvalue weighted by atomic mass is 32.2. The van der Waals surface area contributed by atoms with E-state index in [1.165, 1.54) is 23.1 Å². The van der Waals surface area contributed by atoms with Gasteiger partial charge in [-0.1, -0.05) is 47.4 Å². The van der Waals surface area contributed by atoms with E-state index < -0.39 is 0 Å². The lowest BCUT2D eigenvalue weighted by molar-refractivity contribution is -0.118. The van der Waals surface area contributed by atoms with Crippen LogP contribution in [0.25, 0.3) is 0 Å². The first-order chi connectivity index (χ1) is 13.5. The number of rotatable bonds is 7.